The molecule has 3 fully saturated rings. The zero-order valence-electron chi connectivity index (χ0n) is 39.9. The first kappa shape index (κ1) is 53.4. The number of aliphatic carboxylic acids is 1. The van der Waals surface area contributed by atoms with Crippen LogP contribution in [0.1, 0.15) is 117 Å². The predicted octanol–water partition coefficient (Wildman–Crippen LogP) is 4.70. The summed E-state index contributed by atoms with van der Waals surface area (Å²) in [6.07, 6.45) is -1.47. The number of hydroxylamine groups is 2. The number of hydrogen-bond donors (Lipinski definition) is 1. The second kappa shape index (κ2) is 19.9. The zero-order chi connectivity index (χ0) is 50.7. The first-order chi connectivity index (χ1) is 30.6. The third-order valence-electron chi connectivity index (χ3n) is 8.55. The van der Waals surface area contributed by atoms with Crippen LogP contribution in [0.25, 0.3) is 0 Å². The first-order valence-corrected chi connectivity index (χ1v) is 22.5. The molecule has 3 aliphatic heterocycles. The lowest BCUT2D eigenvalue weighted by atomic mass is 9.94. The molecule has 1 N–H and O–H groups in total. The highest BCUT2D eigenvalue weighted by molar-refractivity contribution is 7.10. The molecule has 25 heteroatoms. The minimum atomic E-state index is -1.75. The molecule has 4 amide bonds. The number of hydrogen-bond acceptors (Lipinski definition) is 21. The number of ether oxygens (including phenoxy) is 4. The SMILES string of the molecule is Cc1nc(/C(=N/OC2(C(=O)OC(C)(C)C)CN(C(=O)OC(C)(C)C)C2)C(=O)O)cs1.Cc1nc(/C(=N/OC2(C(=O)OC(C)(C)C)CN(C(=O)OC(C)(C)C)C2)C(=O)ON2C(=O)CCC2=O)cs1. The van der Waals surface area contributed by atoms with Gasteiger partial charge < -0.3 is 38.6 Å². The number of aromatic nitrogens is 2. The quantitative estimate of drug-likeness (QED) is 0.105. The Morgan fingerprint density at radius 2 is 0.940 bits per heavy atom. The van der Waals surface area contributed by atoms with Crippen LogP contribution in [-0.2, 0) is 62.2 Å². The van der Waals surface area contributed by atoms with E-state index < -0.39 is 92.9 Å². The summed E-state index contributed by atoms with van der Waals surface area (Å²) in [7, 11) is 0. The van der Waals surface area contributed by atoms with Crippen LogP contribution in [0.4, 0.5) is 9.59 Å². The van der Waals surface area contributed by atoms with E-state index in [1.165, 1.54) is 43.2 Å². The summed E-state index contributed by atoms with van der Waals surface area (Å²) < 4.78 is 21.5. The molecule has 0 bridgehead atoms. The van der Waals surface area contributed by atoms with Crippen molar-refractivity contribution in [1.29, 1.82) is 0 Å². The first-order valence-electron chi connectivity index (χ1n) is 20.7. The second-order valence-electron chi connectivity index (χ2n) is 19.5. The Hall–Kier alpha value is -6.24. The number of oxime groups is 2. The van der Waals surface area contributed by atoms with Gasteiger partial charge >= 0.3 is 36.1 Å². The van der Waals surface area contributed by atoms with Gasteiger partial charge in [-0.15, -0.1) is 27.7 Å². The summed E-state index contributed by atoms with van der Waals surface area (Å²) in [5, 5.41) is 21.7. The molecule has 0 atom stereocenters. The maximum absolute atomic E-state index is 13.1. The van der Waals surface area contributed by atoms with Crippen LogP contribution in [0.2, 0.25) is 0 Å². The zero-order valence-corrected chi connectivity index (χ0v) is 41.5. The Kier molecular flexibility index (Phi) is 15.9. The van der Waals surface area contributed by atoms with Gasteiger partial charge in [0, 0.05) is 23.6 Å². The Bertz CT molecular complexity index is 2300. The summed E-state index contributed by atoms with van der Waals surface area (Å²) in [4.78, 5) is 126. The van der Waals surface area contributed by atoms with Crippen LogP contribution < -0.4 is 0 Å². The number of likely N-dealkylation sites (tertiary alicyclic amines) is 2. The van der Waals surface area contributed by atoms with E-state index >= 15 is 0 Å². The minimum Gasteiger partial charge on any atom is -0.476 e. The van der Waals surface area contributed by atoms with Crippen LogP contribution in [-0.4, -0.2) is 149 Å². The van der Waals surface area contributed by atoms with Crippen molar-refractivity contribution >= 4 is 82.0 Å². The molecule has 3 aliphatic rings. The molecule has 23 nitrogen and oxygen atoms in total. The van der Waals surface area contributed by atoms with Gasteiger partial charge in [0.25, 0.3) is 23.0 Å². The summed E-state index contributed by atoms with van der Waals surface area (Å²) >= 11 is 2.46. The van der Waals surface area contributed by atoms with Gasteiger partial charge in [0.2, 0.25) is 11.4 Å². The molecule has 5 heterocycles. The van der Waals surface area contributed by atoms with Crippen LogP contribution in [0.15, 0.2) is 21.1 Å². The summed E-state index contributed by atoms with van der Waals surface area (Å²) in [6, 6.07) is 0. The summed E-state index contributed by atoms with van der Waals surface area (Å²) in [5.74, 6) is -5.46. The lowest BCUT2D eigenvalue weighted by molar-refractivity contribution is -0.205. The molecule has 3 saturated heterocycles. The average molecular weight is 980 g/mol. The van der Waals surface area contributed by atoms with Crippen molar-refractivity contribution in [1.82, 2.24) is 24.8 Å². The molecular formula is C42H57N7O16S2. The van der Waals surface area contributed by atoms with Crippen molar-refractivity contribution in [3.63, 3.8) is 0 Å². The van der Waals surface area contributed by atoms with E-state index in [1.807, 2.05) is 0 Å². The second-order valence-corrected chi connectivity index (χ2v) is 21.6. The van der Waals surface area contributed by atoms with E-state index in [0.29, 0.717) is 15.1 Å². The maximum Gasteiger partial charge on any atom is 0.410 e. The van der Waals surface area contributed by atoms with Crippen molar-refractivity contribution < 1.29 is 76.9 Å². The number of aryl methyl sites for hydroxylation is 2. The smallest absolute Gasteiger partial charge is 0.410 e. The van der Waals surface area contributed by atoms with E-state index in [0.717, 1.165) is 0 Å². The van der Waals surface area contributed by atoms with Gasteiger partial charge in [0.15, 0.2) is 0 Å². The molecule has 0 spiro atoms. The van der Waals surface area contributed by atoms with Crippen LogP contribution in [0.3, 0.4) is 0 Å². The van der Waals surface area contributed by atoms with E-state index in [1.54, 1.807) is 96.9 Å². The number of thiazole rings is 2. The number of carbonyl (C=O) groups is 8. The van der Waals surface area contributed by atoms with Gasteiger partial charge in [-0.05, 0) is 96.9 Å². The number of carboxylic acids is 1. The summed E-state index contributed by atoms with van der Waals surface area (Å²) in [5.41, 5.74) is -7.31. The van der Waals surface area contributed by atoms with Crippen molar-refractivity contribution in [2.45, 2.75) is 143 Å². The Balaban J connectivity index is 0.000000299. The third-order valence-corrected chi connectivity index (χ3v) is 10.1. The van der Waals surface area contributed by atoms with Crippen molar-refractivity contribution in [2.75, 3.05) is 26.2 Å². The molecule has 67 heavy (non-hydrogen) atoms. The lowest BCUT2D eigenvalue weighted by Crippen LogP contribution is -2.69. The number of rotatable bonds is 11. The molecule has 0 unspecified atom stereocenters. The lowest BCUT2D eigenvalue weighted by Gasteiger charge is -2.45. The molecule has 0 aromatic carbocycles. The standard InChI is InChI=1S/C23H30N4O9S.C19H27N3O7S/c1-13-24-14(10-37-13)17(18(30)35-27-15(28)8-9-16(27)29)25-36-23(19(31)33-21(2,3)4)11-26(12-23)20(32)34-22(5,6)7;1-11-20-12(8-30-11)13(14(23)24)21-29-19(15(25)27-17(2,3)4)9-22(10-19)16(26)28-18(5,6)7/h10H,8-9,11-12H2,1-7H3;8H,9-10H2,1-7H3,(H,23,24)/b25-17-;21-13-. The fraction of sp³-hybridized carbons (Fsp3) is 0.619. The largest absolute Gasteiger partial charge is 0.476 e. The Morgan fingerprint density at radius 1 is 0.597 bits per heavy atom. The third kappa shape index (κ3) is 14.6. The fourth-order valence-electron chi connectivity index (χ4n) is 5.62. The minimum absolute atomic E-state index is 0.0502. The Morgan fingerprint density at radius 3 is 1.25 bits per heavy atom. The van der Waals surface area contributed by atoms with Crippen molar-refractivity contribution in [2.24, 2.45) is 10.3 Å². The molecule has 0 saturated carbocycles. The molecule has 5 rings (SSSR count). The van der Waals surface area contributed by atoms with Gasteiger partial charge in [0.05, 0.1) is 36.2 Å². The van der Waals surface area contributed by atoms with E-state index in [2.05, 4.69) is 20.3 Å². The highest BCUT2D eigenvalue weighted by Crippen LogP contribution is 2.33. The topological polar surface area (TPSA) is 282 Å². The van der Waals surface area contributed by atoms with Gasteiger partial charge in [-0.1, -0.05) is 10.3 Å². The van der Waals surface area contributed by atoms with E-state index in [4.69, 9.17) is 33.5 Å². The monoisotopic (exact) mass is 979 g/mol. The normalized spacial score (nSPS) is 17.3. The number of nitrogens with zero attached hydrogens (tertiary/aromatic N) is 7. The van der Waals surface area contributed by atoms with Crippen LogP contribution in [0.5, 0.6) is 0 Å². The van der Waals surface area contributed by atoms with Crippen molar-refractivity contribution in [3.05, 3.63) is 32.2 Å². The van der Waals surface area contributed by atoms with Crippen LogP contribution >= 0.6 is 22.7 Å². The maximum atomic E-state index is 13.1. The molecule has 0 radical (unpaired) electrons. The van der Waals surface area contributed by atoms with Gasteiger partial charge in [-0.25, -0.2) is 38.7 Å². The fourth-order valence-corrected chi connectivity index (χ4v) is 6.82. The van der Waals surface area contributed by atoms with Gasteiger partial charge in [-0.2, -0.15) is 0 Å². The van der Waals surface area contributed by atoms with Crippen LogP contribution in [0, 0.1) is 13.8 Å². The van der Waals surface area contributed by atoms with E-state index in [-0.39, 0.29) is 50.4 Å². The number of carbonyl (C=O) groups excluding carboxylic acids is 7. The molecule has 2 aromatic heterocycles. The van der Waals surface area contributed by atoms with E-state index in [9.17, 15) is 43.5 Å². The molecule has 0 aliphatic carbocycles. The Labute approximate surface area is 394 Å². The van der Waals surface area contributed by atoms with Gasteiger partial charge in [-0.3, -0.25) is 19.4 Å². The average Bonchev–Trinajstić information content (AvgIpc) is 3.83. The molecule has 368 valence electrons. The van der Waals surface area contributed by atoms with Gasteiger partial charge in [0.1, 0.15) is 33.8 Å². The molecular weight excluding hydrogens is 923 g/mol. The number of carboxylic acid groups (broad SMARTS) is 1. The van der Waals surface area contributed by atoms with Crippen molar-refractivity contribution in [3.8, 4) is 0 Å². The summed E-state index contributed by atoms with van der Waals surface area (Å²) in [6.45, 7) is 22.8. The molecule has 2 aromatic rings. The number of amides is 4. The number of esters is 2. The number of imide groups is 1. The predicted molar refractivity (Wildman–Crippen MR) is 237 cm³/mol. The highest BCUT2D eigenvalue weighted by atomic mass is 32.1. The highest BCUT2D eigenvalue weighted by Gasteiger charge is 2.59.